The molecule has 4 atom stereocenters. The zero-order chi connectivity index (χ0) is 42.0. The van der Waals surface area contributed by atoms with Gasteiger partial charge in [-0.05, 0) is 99.2 Å². The quantitative estimate of drug-likeness (QED) is 0.101. The standard InChI is InChI=1S/C46H59N9O5/c1-5-47-43(58)52-38(31-11-7-6-8-12-31)42(57)55-26-9-13-34(55)39-48-27-33(50-39)30-15-17-32(18-16-30)45-19-22-46(23-20-45,24-21-45)36-28-49-40(51-36)35-14-10-25-54(35)41(56)37(29(2)3)53-44(59)60-4/h6-8,11-12,15-18,27-29,34-35,37-38H,5,9-10,13-14,19-26H2,1-4H3,(H,48,50)(H,49,51)(H,53,59)(H2,47,52,58). The number of aromatic amines is 2. The number of imidazole rings is 2. The molecule has 5 fully saturated rings. The first-order valence-corrected chi connectivity index (χ1v) is 21.8. The van der Waals surface area contributed by atoms with E-state index < -0.39 is 18.2 Å². The van der Waals surface area contributed by atoms with E-state index in [0.717, 1.165) is 92.7 Å². The summed E-state index contributed by atoms with van der Waals surface area (Å²) in [6, 6.07) is 16.2. The Labute approximate surface area is 352 Å². The summed E-state index contributed by atoms with van der Waals surface area (Å²) >= 11 is 0. The van der Waals surface area contributed by atoms with E-state index >= 15 is 0 Å². The van der Waals surface area contributed by atoms with Crippen LogP contribution in [0.5, 0.6) is 0 Å². The van der Waals surface area contributed by atoms with E-state index in [4.69, 9.17) is 14.7 Å². The highest BCUT2D eigenvalue weighted by molar-refractivity contribution is 5.89. The molecule has 2 aromatic carbocycles. The monoisotopic (exact) mass is 817 g/mol. The molecule has 2 aliphatic heterocycles. The predicted octanol–water partition coefficient (Wildman–Crippen LogP) is 7.11. The zero-order valence-electron chi connectivity index (χ0n) is 35.3. The SMILES string of the molecule is CCNC(=O)NC(C(=O)N1CCCC1c1ncc(-c2ccc(C34CCC(c5cnc(C6CCCN6C(=O)C(NC(=O)OC)C(C)C)[nH]5)(CC3)CC4)cc2)[nH]1)c1ccccc1. The van der Waals surface area contributed by atoms with Gasteiger partial charge in [0.25, 0.3) is 0 Å². The minimum absolute atomic E-state index is 0.0498. The van der Waals surface area contributed by atoms with Crippen LogP contribution in [-0.4, -0.2) is 86.5 Å². The van der Waals surface area contributed by atoms with Gasteiger partial charge in [-0.15, -0.1) is 0 Å². The maximum absolute atomic E-state index is 14.1. The molecule has 5 aliphatic rings. The molecule has 5 amide bonds. The Balaban J connectivity index is 0.915. The molecule has 4 heterocycles. The Bertz CT molecular complexity index is 2140. The van der Waals surface area contributed by atoms with Crippen LogP contribution in [0.2, 0.25) is 0 Å². The number of carbonyl (C=O) groups is 4. The first kappa shape index (κ1) is 41.1. The van der Waals surface area contributed by atoms with Gasteiger partial charge in [0.05, 0.1) is 31.1 Å². The summed E-state index contributed by atoms with van der Waals surface area (Å²) in [6.07, 6.45) is 13.2. The van der Waals surface area contributed by atoms with E-state index in [-0.39, 0.29) is 46.7 Å². The molecular weight excluding hydrogens is 759 g/mol. The Morgan fingerprint density at radius 1 is 0.783 bits per heavy atom. The second-order valence-electron chi connectivity index (χ2n) is 17.6. The third-order valence-electron chi connectivity index (χ3n) is 13.9. The number of nitrogens with zero attached hydrogens (tertiary/aromatic N) is 4. The number of carbonyl (C=O) groups excluding carboxylic acids is 4. The minimum atomic E-state index is -0.802. The highest BCUT2D eigenvalue weighted by Crippen LogP contribution is 2.58. The summed E-state index contributed by atoms with van der Waals surface area (Å²) in [5.74, 6) is 1.26. The Hall–Kier alpha value is -5.66. The second-order valence-corrected chi connectivity index (χ2v) is 17.6. The number of methoxy groups -OCH3 is 1. The van der Waals surface area contributed by atoms with Gasteiger partial charge in [0.1, 0.15) is 23.7 Å². The van der Waals surface area contributed by atoms with Crippen LogP contribution in [0.1, 0.15) is 132 Å². The Morgan fingerprint density at radius 2 is 1.38 bits per heavy atom. The maximum Gasteiger partial charge on any atom is 0.407 e. The fourth-order valence-corrected chi connectivity index (χ4v) is 10.4. The number of aromatic nitrogens is 4. The van der Waals surface area contributed by atoms with Crippen molar-refractivity contribution in [1.29, 1.82) is 0 Å². The van der Waals surface area contributed by atoms with Crippen LogP contribution < -0.4 is 16.0 Å². The Kier molecular flexibility index (Phi) is 11.7. The van der Waals surface area contributed by atoms with E-state index in [1.54, 1.807) is 0 Å². The van der Waals surface area contributed by atoms with Crippen molar-refractivity contribution in [2.24, 2.45) is 5.92 Å². The van der Waals surface area contributed by atoms with Gasteiger partial charge in [-0.3, -0.25) is 9.59 Å². The molecule has 3 aliphatic carbocycles. The molecule has 318 valence electrons. The highest BCUT2D eigenvalue weighted by Gasteiger charge is 2.51. The van der Waals surface area contributed by atoms with Crippen molar-refractivity contribution < 1.29 is 23.9 Å². The molecular formula is C46H59N9O5. The molecule has 4 aromatic rings. The molecule has 2 saturated heterocycles. The number of H-pyrrole nitrogens is 2. The third-order valence-corrected chi connectivity index (χ3v) is 13.9. The molecule has 60 heavy (non-hydrogen) atoms. The van der Waals surface area contributed by atoms with Gasteiger partial charge >= 0.3 is 12.1 Å². The number of hydrogen-bond donors (Lipinski definition) is 5. The molecule has 2 aromatic heterocycles. The number of hydrogen-bond acceptors (Lipinski definition) is 7. The second kappa shape index (κ2) is 17.1. The van der Waals surface area contributed by atoms with Crippen molar-refractivity contribution in [2.75, 3.05) is 26.7 Å². The number of likely N-dealkylation sites (tertiary alicyclic amines) is 2. The molecule has 0 radical (unpaired) electrons. The fraction of sp³-hybridized carbons (Fsp3) is 0.522. The maximum atomic E-state index is 14.1. The number of nitrogens with one attached hydrogen (secondary N) is 5. The molecule has 14 nitrogen and oxygen atoms in total. The first-order valence-electron chi connectivity index (χ1n) is 21.8. The van der Waals surface area contributed by atoms with Crippen LogP contribution in [0.4, 0.5) is 9.59 Å². The molecule has 0 spiro atoms. The lowest BCUT2D eigenvalue weighted by Gasteiger charge is -2.53. The van der Waals surface area contributed by atoms with Crippen molar-refractivity contribution in [1.82, 2.24) is 45.7 Å². The van der Waals surface area contributed by atoms with Crippen LogP contribution in [-0.2, 0) is 25.2 Å². The number of ether oxygens (including phenoxy) is 1. The fourth-order valence-electron chi connectivity index (χ4n) is 10.4. The molecule has 2 bridgehead atoms. The number of alkyl carbamates (subject to hydrolysis) is 1. The minimum Gasteiger partial charge on any atom is -0.453 e. The van der Waals surface area contributed by atoms with E-state index in [1.807, 2.05) is 73.3 Å². The summed E-state index contributed by atoms with van der Waals surface area (Å²) in [7, 11) is 1.31. The number of benzene rings is 2. The largest absolute Gasteiger partial charge is 0.453 e. The van der Waals surface area contributed by atoms with E-state index in [1.165, 1.54) is 18.4 Å². The number of amides is 5. The van der Waals surface area contributed by atoms with Crippen LogP contribution >= 0.6 is 0 Å². The van der Waals surface area contributed by atoms with Crippen molar-refractivity contribution in [3.8, 4) is 11.3 Å². The van der Waals surface area contributed by atoms with Crippen molar-refractivity contribution >= 4 is 23.9 Å². The van der Waals surface area contributed by atoms with Gasteiger partial charge in [-0.25, -0.2) is 19.6 Å². The lowest BCUT2D eigenvalue weighted by Crippen LogP contribution is -2.51. The van der Waals surface area contributed by atoms with Crippen molar-refractivity contribution in [3.63, 3.8) is 0 Å². The average molecular weight is 818 g/mol. The first-order chi connectivity index (χ1) is 29.0. The van der Waals surface area contributed by atoms with Crippen LogP contribution in [0.3, 0.4) is 0 Å². The number of fused-ring (bicyclic) bond motifs is 3. The Morgan fingerprint density at radius 3 is 2.00 bits per heavy atom. The number of urea groups is 1. The average Bonchev–Trinajstić information content (AvgIpc) is 4.12. The van der Waals surface area contributed by atoms with Gasteiger partial charge in [-0.2, -0.15) is 0 Å². The van der Waals surface area contributed by atoms with Gasteiger partial charge in [0.15, 0.2) is 0 Å². The lowest BCUT2D eigenvalue weighted by atomic mass is 9.51. The van der Waals surface area contributed by atoms with E-state index in [0.29, 0.717) is 19.6 Å². The summed E-state index contributed by atoms with van der Waals surface area (Å²) in [5, 5.41) is 8.39. The normalized spacial score (nSPS) is 24.6. The molecule has 3 saturated carbocycles. The van der Waals surface area contributed by atoms with Gasteiger partial charge < -0.3 is 40.5 Å². The van der Waals surface area contributed by atoms with E-state index in [2.05, 4.69) is 50.2 Å². The molecule has 4 unspecified atom stereocenters. The van der Waals surface area contributed by atoms with Crippen LogP contribution in [0.15, 0.2) is 67.0 Å². The highest BCUT2D eigenvalue weighted by atomic mass is 16.5. The third kappa shape index (κ3) is 7.88. The van der Waals surface area contributed by atoms with Gasteiger partial charge in [0, 0.05) is 36.9 Å². The van der Waals surface area contributed by atoms with Gasteiger partial charge in [-0.1, -0.05) is 68.4 Å². The number of rotatable bonds is 12. The smallest absolute Gasteiger partial charge is 0.407 e. The van der Waals surface area contributed by atoms with Crippen LogP contribution in [0, 0.1) is 5.92 Å². The molecule has 9 rings (SSSR count). The van der Waals surface area contributed by atoms with Crippen LogP contribution in [0.25, 0.3) is 11.3 Å². The molecule has 5 N–H and O–H groups in total. The van der Waals surface area contributed by atoms with Crippen molar-refractivity contribution in [3.05, 3.63) is 95.5 Å². The summed E-state index contributed by atoms with van der Waals surface area (Å²) in [6.45, 7) is 7.40. The summed E-state index contributed by atoms with van der Waals surface area (Å²) < 4.78 is 4.80. The van der Waals surface area contributed by atoms with E-state index in [9.17, 15) is 19.2 Å². The molecule has 14 heteroatoms. The summed E-state index contributed by atoms with van der Waals surface area (Å²) in [4.78, 5) is 73.1. The zero-order valence-corrected chi connectivity index (χ0v) is 35.3. The van der Waals surface area contributed by atoms with Crippen molar-refractivity contribution in [2.45, 2.75) is 120 Å². The lowest BCUT2D eigenvalue weighted by molar-refractivity contribution is -0.135. The summed E-state index contributed by atoms with van der Waals surface area (Å²) in [5.41, 5.74) is 5.45. The van der Waals surface area contributed by atoms with Gasteiger partial charge in [0.2, 0.25) is 11.8 Å². The predicted molar refractivity (Wildman–Crippen MR) is 227 cm³/mol. The topological polar surface area (TPSA) is 177 Å².